The minimum Gasteiger partial charge on any atom is -0.369 e. The Kier molecular flexibility index (Phi) is 4.97. The van der Waals surface area contributed by atoms with E-state index in [1.807, 2.05) is 24.3 Å². The lowest BCUT2D eigenvalue weighted by Gasteiger charge is -2.35. The summed E-state index contributed by atoms with van der Waals surface area (Å²) in [5.74, 6) is -0.480. The second-order valence-corrected chi connectivity index (χ2v) is 6.31. The Balaban J connectivity index is 1.73. The van der Waals surface area contributed by atoms with Crippen molar-refractivity contribution in [3.63, 3.8) is 0 Å². The third kappa shape index (κ3) is 3.79. The van der Waals surface area contributed by atoms with Gasteiger partial charge in [0.05, 0.1) is 4.92 Å². The number of anilines is 2. The minimum absolute atomic E-state index is 0.0567. The lowest BCUT2D eigenvalue weighted by Crippen LogP contribution is -2.37. The molecule has 25 heavy (non-hydrogen) atoms. The number of nitro groups is 1. The van der Waals surface area contributed by atoms with Crippen molar-refractivity contribution in [3.8, 4) is 0 Å². The largest absolute Gasteiger partial charge is 0.369 e. The van der Waals surface area contributed by atoms with Crippen LogP contribution in [-0.2, 0) is 0 Å². The molecule has 130 valence electrons. The van der Waals surface area contributed by atoms with Gasteiger partial charge in [0, 0.05) is 30.0 Å². The number of benzene rings is 2. The van der Waals surface area contributed by atoms with Gasteiger partial charge >= 0.3 is 0 Å². The molecule has 1 saturated heterocycles. The van der Waals surface area contributed by atoms with Gasteiger partial charge in [-0.3, -0.25) is 14.9 Å². The van der Waals surface area contributed by atoms with E-state index in [2.05, 4.69) is 17.1 Å². The summed E-state index contributed by atoms with van der Waals surface area (Å²) in [7, 11) is 0. The predicted molar refractivity (Wildman–Crippen MR) is 98.2 cm³/mol. The van der Waals surface area contributed by atoms with Gasteiger partial charge in [-0.2, -0.15) is 0 Å². The molecule has 0 radical (unpaired) electrons. The molecule has 1 unspecified atom stereocenters. The third-order valence-electron chi connectivity index (χ3n) is 4.61. The molecule has 2 aromatic rings. The van der Waals surface area contributed by atoms with Crippen LogP contribution in [0, 0.1) is 10.1 Å². The molecule has 1 heterocycles. The van der Waals surface area contributed by atoms with E-state index in [9.17, 15) is 14.9 Å². The summed E-state index contributed by atoms with van der Waals surface area (Å²) < 4.78 is 0. The Morgan fingerprint density at radius 2 is 1.88 bits per heavy atom. The van der Waals surface area contributed by atoms with Crippen molar-refractivity contribution in [1.29, 1.82) is 0 Å². The van der Waals surface area contributed by atoms with E-state index in [4.69, 9.17) is 0 Å². The first-order chi connectivity index (χ1) is 12.1. The second kappa shape index (κ2) is 7.34. The second-order valence-electron chi connectivity index (χ2n) is 6.31. The Hall–Kier alpha value is -2.89. The Labute approximate surface area is 146 Å². The standard InChI is InChI=1S/C19H21N3O3/c1-14-6-4-5-13-21(14)16-11-9-15(10-12-16)20-19(23)17-7-2-3-8-18(17)22(24)25/h2-3,7-12,14H,4-6,13H2,1H3,(H,20,23). The normalized spacial score (nSPS) is 17.2. The predicted octanol–water partition coefficient (Wildman–Crippen LogP) is 4.23. The highest BCUT2D eigenvalue weighted by molar-refractivity contribution is 6.07. The zero-order valence-corrected chi connectivity index (χ0v) is 14.1. The Morgan fingerprint density at radius 3 is 2.56 bits per heavy atom. The summed E-state index contributed by atoms with van der Waals surface area (Å²) in [5, 5.41) is 13.8. The number of hydrogen-bond donors (Lipinski definition) is 1. The van der Waals surface area contributed by atoms with Crippen LogP contribution in [-0.4, -0.2) is 23.4 Å². The molecule has 3 rings (SSSR count). The maximum Gasteiger partial charge on any atom is 0.282 e. The molecule has 0 spiro atoms. The smallest absolute Gasteiger partial charge is 0.282 e. The number of rotatable bonds is 4. The van der Waals surface area contributed by atoms with Crippen LogP contribution < -0.4 is 10.2 Å². The summed E-state index contributed by atoms with van der Waals surface area (Å²) in [4.78, 5) is 25.2. The summed E-state index contributed by atoms with van der Waals surface area (Å²) in [6, 6.07) is 14.1. The van der Waals surface area contributed by atoms with Gasteiger partial charge in [0.25, 0.3) is 11.6 Å². The van der Waals surface area contributed by atoms with Gasteiger partial charge < -0.3 is 10.2 Å². The highest BCUT2D eigenvalue weighted by Crippen LogP contribution is 2.26. The van der Waals surface area contributed by atoms with Crippen LogP contribution >= 0.6 is 0 Å². The SMILES string of the molecule is CC1CCCCN1c1ccc(NC(=O)c2ccccc2[N+](=O)[O-])cc1. The van der Waals surface area contributed by atoms with Crippen LogP contribution in [0.5, 0.6) is 0 Å². The molecular formula is C19H21N3O3. The van der Waals surface area contributed by atoms with Crippen LogP contribution in [0.4, 0.5) is 17.1 Å². The number of piperidine rings is 1. The highest BCUT2D eigenvalue weighted by Gasteiger charge is 2.20. The first kappa shape index (κ1) is 17.0. The molecule has 1 aliphatic heterocycles. The molecule has 1 aliphatic rings. The molecule has 0 saturated carbocycles. The Morgan fingerprint density at radius 1 is 1.16 bits per heavy atom. The minimum atomic E-state index is -0.546. The Bertz CT molecular complexity index is 774. The first-order valence-electron chi connectivity index (χ1n) is 8.48. The topological polar surface area (TPSA) is 75.5 Å². The van der Waals surface area contributed by atoms with E-state index >= 15 is 0 Å². The van der Waals surface area contributed by atoms with E-state index in [-0.39, 0.29) is 11.3 Å². The number of nitrogens with one attached hydrogen (secondary N) is 1. The van der Waals surface area contributed by atoms with Crippen LogP contribution in [0.1, 0.15) is 36.5 Å². The summed E-state index contributed by atoms with van der Waals surface area (Å²) >= 11 is 0. The molecule has 1 atom stereocenters. The van der Waals surface area contributed by atoms with Crippen molar-refractivity contribution < 1.29 is 9.72 Å². The monoisotopic (exact) mass is 339 g/mol. The van der Waals surface area contributed by atoms with E-state index in [1.165, 1.54) is 31.4 Å². The molecule has 0 aliphatic carbocycles. The maximum atomic E-state index is 12.4. The summed E-state index contributed by atoms with van der Waals surface area (Å²) in [5.41, 5.74) is 1.62. The number of nitrogens with zero attached hydrogens (tertiary/aromatic N) is 2. The van der Waals surface area contributed by atoms with Crippen molar-refractivity contribution in [3.05, 3.63) is 64.2 Å². The molecule has 0 bridgehead atoms. The van der Waals surface area contributed by atoms with E-state index < -0.39 is 10.8 Å². The lowest BCUT2D eigenvalue weighted by atomic mass is 10.0. The fourth-order valence-corrected chi connectivity index (χ4v) is 3.24. The molecule has 1 amide bonds. The highest BCUT2D eigenvalue weighted by atomic mass is 16.6. The van der Waals surface area contributed by atoms with E-state index in [0.29, 0.717) is 11.7 Å². The quantitative estimate of drug-likeness (QED) is 0.668. The van der Waals surface area contributed by atoms with Crippen molar-refractivity contribution in [1.82, 2.24) is 0 Å². The van der Waals surface area contributed by atoms with Gasteiger partial charge in [-0.25, -0.2) is 0 Å². The molecule has 1 N–H and O–H groups in total. The number of carbonyl (C=O) groups is 1. The molecule has 6 heteroatoms. The van der Waals surface area contributed by atoms with Crippen LogP contribution in [0.15, 0.2) is 48.5 Å². The van der Waals surface area contributed by atoms with Crippen molar-refractivity contribution in [2.45, 2.75) is 32.2 Å². The van der Waals surface area contributed by atoms with Gasteiger partial charge in [0.2, 0.25) is 0 Å². The van der Waals surface area contributed by atoms with Gasteiger partial charge in [-0.1, -0.05) is 12.1 Å². The number of nitro benzene ring substituents is 1. The van der Waals surface area contributed by atoms with Crippen molar-refractivity contribution in [2.75, 3.05) is 16.8 Å². The molecule has 2 aromatic carbocycles. The summed E-state index contributed by atoms with van der Waals surface area (Å²) in [6.45, 7) is 3.27. The third-order valence-corrected chi connectivity index (χ3v) is 4.61. The number of hydrogen-bond acceptors (Lipinski definition) is 4. The van der Waals surface area contributed by atoms with Crippen molar-refractivity contribution in [2.24, 2.45) is 0 Å². The zero-order chi connectivity index (χ0) is 17.8. The molecule has 6 nitrogen and oxygen atoms in total. The van der Waals surface area contributed by atoms with Gasteiger partial charge in [0.15, 0.2) is 0 Å². The van der Waals surface area contributed by atoms with Gasteiger partial charge in [-0.05, 0) is 56.5 Å². The van der Waals surface area contributed by atoms with Gasteiger partial charge in [0.1, 0.15) is 5.56 Å². The average Bonchev–Trinajstić information content (AvgIpc) is 2.63. The van der Waals surface area contributed by atoms with Crippen molar-refractivity contribution >= 4 is 23.0 Å². The zero-order valence-electron chi connectivity index (χ0n) is 14.1. The van der Waals surface area contributed by atoms with Gasteiger partial charge in [-0.15, -0.1) is 0 Å². The molecular weight excluding hydrogens is 318 g/mol. The molecule has 0 aromatic heterocycles. The maximum absolute atomic E-state index is 12.4. The number of carbonyl (C=O) groups excluding carboxylic acids is 1. The average molecular weight is 339 g/mol. The van der Waals surface area contributed by atoms with E-state index in [0.717, 1.165) is 12.2 Å². The van der Waals surface area contributed by atoms with Crippen LogP contribution in [0.2, 0.25) is 0 Å². The lowest BCUT2D eigenvalue weighted by molar-refractivity contribution is -0.385. The fraction of sp³-hybridized carbons (Fsp3) is 0.316. The summed E-state index contributed by atoms with van der Waals surface area (Å²) in [6.07, 6.45) is 3.65. The first-order valence-corrected chi connectivity index (χ1v) is 8.48. The molecule has 1 fully saturated rings. The number of amides is 1. The fourth-order valence-electron chi connectivity index (χ4n) is 3.24. The van der Waals surface area contributed by atoms with Crippen LogP contribution in [0.25, 0.3) is 0 Å². The number of para-hydroxylation sites is 1. The van der Waals surface area contributed by atoms with E-state index in [1.54, 1.807) is 12.1 Å². The van der Waals surface area contributed by atoms with Crippen LogP contribution in [0.3, 0.4) is 0 Å².